The second-order valence-electron chi connectivity index (χ2n) is 5.73. The van der Waals surface area contributed by atoms with E-state index < -0.39 is 0 Å². The largest absolute Gasteiger partial charge is 0.358 e. The molecule has 0 unspecified atom stereocenters. The molecule has 1 aliphatic rings. The van der Waals surface area contributed by atoms with Gasteiger partial charge in [0, 0.05) is 25.9 Å². The lowest BCUT2D eigenvalue weighted by atomic mass is 9.96. The van der Waals surface area contributed by atoms with E-state index in [1.54, 1.807) is 11.3 Å². The van der Waals surface area contributed by atoms with Crippen LogP contribution in [-0.2, 0) is 6.54 Å². The Labute approximate surface area is 157 Å². The number of aromatic nitrogens is 1. The van der Waals surface area contributed by atoms with Gasteiger partial charge in [0.25, 0.3) is 0 Å². The fraction of sp³-hybridized carbons (Fsp3) is 0.300. The van der Waals surface area contributed by atoms with Gasteiger partial charge < -0.3 is 4.52 Å². The first-order valence-corrected chi connectivity index (χ1v) is 9.62. The number of aryl methyl sites for hydroxylation is 2. The molecule has 1 aromatic carbocycles. The zero-order valence-electron chi connectivity index (χ0n) is 15.1. The van der Waals surface area contributed by atoms with Crippen LogP contribution in [0.25, 0.3) is 10.4 Å². The summed E-state index contributed by atoms with van der Waals surface area (Å²) in [5.74, 6) is 0.842. The van der Waals surface area contributed by atoms with Crippen LogP contribution in [0.2, 0.25) is 5.02 Å². The Hall–Kier alpha value is -1.91. The molecule has 3 aromatic rings. The molecular weight excluding hydrogens is 352 g/mol. The van der Waals surface area contributed by atoms with Crippen molar-refractivity contribution < 1.29 is 4.52 Å². The third-order valence-electron chi connectivity index (χ3n) is 4.28. The van der Waals surface area contributed by atoms with E-state index in [0.717, 1.165) is 33.3 Å². The van der Waals surface area contributed by atoms with Gasteiger partial charge in [0.05, 0.1) is 17.0 Å². The van der Waals surface area contributed by atoms with Gasteiger partial charge in [-0.1, -0.05) is 42.7 Å². The van der Waals surface area contributed by atoms with E-state index in [-0.39, 0.29) is 0 Å². The summed E-state index contributed by atoms with van der Waals surface area (Å²) in [6, 6.07) is 7.86. The summed E-state index contributed by atoms with van der Waals surface area (Å²) in [7, 11) is 0. The van der Waals surface area contributed by atoms with E-state index in [4.69, 9.17) is 21.1 Å². The quantitative estimate of drug-likeness (QED) is 0.498. The maximum Gasteiger partial charge on any atom is 0.167 e. The van der Waals surface area contributed by atoms with E-state index in [1.165, 1.54) is 20.9 Å². The number of hydrogen-bond acceptors (Lipinski definition) is 4. The number of rotatable bonds is 1. The van der Waals surface area contributed by atoms with Gasteiger partial charge in [-0.3, -0.25) is 4.99 Å². The summed E-state index contributed by atoms with van der Waals surface area (Å²) in [4.78, 5) is 7.34. The van der Waals surface area contributed by atoms with Gasteiger partial charge in [-0.15, -0.1) is 11.3 Å². The van der Waals surface area contributed by atoms with Gasteiger partial charge in [-0.2, -0.15) is 0 Å². The van der Waals surface area contributed by atoms with Crippen molar-refractivity contribution in [3.8, 4) is 10.4 Å². The Morgan fingerprint density at radius 3 is 2.40 bits per heavy atom. The lowest BCUT2D eigenvalue weighted by molar-refractivity contribution is 0.382. The maximum absolute atomic E-state index is 6.03. The van der Waals surface area contributed by atoms with Crippen LogP contribution in [0.3, 0.4) is 0 Å². The zero-order valence-corrected chi connectivity index (χ0v) is 16.7. The Kier molecular flexibility index (Phi) is 5.11. The fourth-order valence-electron chi connectivity index (χ4n) is 2.98. The Morgan fingerprint density at radius 2 is 1.72 bits per heavy atom. The van der Waals surface area contributed by atoms with Crippen LogP contribution in [0.5, 0.6) is 0 Å². The standard InChI is InChI=1S/C18H15ClN2OS.C2H6/c1-9-11(3)23-18-15(9)17(12-4-6-13(19)7-5-12)20-8-14-16(18)10(2)21-22-14;1-2/h4-7H,8H2,1-3H3;1-2H3. The molecule has 25 heavy (non-hydrogen) atoms. The second-order valence-corrected chi connectivity index (χ2v) is 7.39. The van der Waals surface area contributed by atoms with E-state index in [1.807, 2.05) is 45.0 Å². The van der Waals surface area contributed by atoms with Crippen LogP contribution in [0.4, 0.5) is 0 Å². The molecule has 130 valence electrons. The first-order valence-electron chi connectivity index (χ1n) is 8.42. The molecule has 0 bridgehead atoms. The monoisotopic (exact) mass is 372 g/mol. The molecule has 1 aliphatic heterocycles. The van der Waals surface area contributed by atoms with Crippen LogP contribution in [0.15, 0.2) is 33.8 Å². The third kappa shape index (κ3) is 3.05. The molecule has 0 atom stereocenters. The van der Waals surface area contributed by atoms with E-state index in [2.05, 4.69) is 19.0 Å². The van der Waals surface area contributed by atoms with Crippen molar-refractivity contribution in [1.29, 1.82) is 0 Å². The van der Waals surface area contributed by atoms with Gasteiger partial charge in [-0.25, -0.2) is 0 Å². The molecule has 5 heteroatoms. The average Bonchev–Trinajstić information content (AvgIpc) is 3.06. The molecule has 0 radical (unpaired) electrons. The minimum Gasteiger partial charge on any atom is -0.358 e. The topological polar surface area (TPSA) is 38.4 Å². The maximum atomic E-state index is 6.03. The summed E-state index contributed by atoms with van der Waals surface area (Å²) in [6.45, 7) is 10.8. The SMILES string of the molecule is CC.Cc1noc2c1-c1sc(C)c(C)c1C(c1ccc(Cl)cc1)=NC2. The minimum absolute atomic E-state index is 0.508. The number of aliphatic imine (C=N–C) groups is 1. The first kappa shape index (κ1) is 17.9. The van der Waals surface area contributed by atoms with Gasteiger partial charge >= 0.3 is 0 Å². The summed E-state index contributed by atoms with van der Waals surface area (Å²) < 4.78 is 5.50. The zero-order chi connectivity index (χ0) is 18.1. The van der Waals surface area contributed by atoms with Crippen molar-refractivity contribution in [3.63, 3.8) is 0 Å². The molecular formula is C20H21ClN2OS. The van der Waals surface area contributed by atoms with E-state index in [0.29, 0.717) is 6.54 Å². The van der Waals surface area contributed by atoms with Gasteiger partial charge in [0.15, 0.2) is 5.76 Å². The number of thiophene rings is 1. The summed E-state index contributed by atoms with van der Waals surface area (Å²) in [5.41, 5.74) is 6.58. The minimum atomic E-state index is 0.508. The lowest BCUT2D eigenvalue weighted by Gasteiger charge is -2.08. The van der Waals surface area contributed by atoms with Crippen LogP contribution in [0.1, 0.15) is 46.9 Å². The summed E-state index contributed by atoms with van der Waals surface area (Å²) in [6.07, 6.45) is 0. The molecule has 0 N–H and O–H groups in total. The van der Waals surface area contributed by atoms with Crippen molar-refractivity contribution in [1.82, 2.24) is 5.16 Å². The molecule has 0 saturated heterocycles. The smallest absolute Gasteiger partial charge is 0.167 e. The average molecular weight is 373 g/mol. The highest BCUT2D eigenvalue weighted by Crippen LogP contribution is 2.42. The molecule has 0 spiro atoms. The number of benzene rings is 1. The van der Waals surface area contributed by atoms with Crippen molar-refractivity contribution in [2.45, 2.75) is 41.2 Å². The molecule has 0 saturated carbocycles. The number of halogens is 1. The molecule has 2 aromatic heterocycles. The van der Waals surface area contributed by atoms with Crippen LogP contribution in [0, 0.1) is 20.8 Å². The van der Waals surface area contributed by atoms with Crippen molar-refractivity contribution in [2.24, 2.45) is 4.99 Å². The van der Waals surface area contributed by atoms with Crippen LogP contribution < -0.4 is 0 Å². The van der Waals surface area contributed by atoms with Gasteiger partial charge in [-0.05, 0) is 38.5 Å². The summed E-state index contributed by atoms with van der Waals surface area (Å²) >= 11 is 7.82. The Bertz CT molecular complexity index is 936. The normalized spacial score (nSPS) is 12.5. The highest BCUT2D eigenvalue weighted by Gasteiger charge is 2.28. The molecule has 0 aliphatic carbocycles. The van der Waals surface area contributed by atoms with E-state index >= 15 is 0 Å². The molecule has 3 heterocycles. The molecule has 3 nitrogen and oxygen atoms in total. The summed E-state index contributed by atoms with van der Waals surface area (Å²) in [5, 5.41) is 4.86. The van der Waals surface area contributed by atoms with Crippen molar-refractivity contribution in [3.05, 3.63) is 62.3 Å². The predicted molar refractivity (Wildman–Crippen MR) is 106 cm³/mol. The fourth-order valence-corrected chi connectivity index (χ4v) is 4.38. The number of hydrogen-bond donors (Lipinski definition) is 0. The lowest BCUT2D eigenvalue weighted by Crippen LogP contribution is -2.05. The second kappa shape index (κ2) is 7.14. The highest BCUT2D eigenvalue weighted by atomic mass is 35.5. The number of fused-ring (bicyclic) bond motifs is 3. The third-order valence-corrected chi connectivity index (χ3v) is 5.76. The predicted octanol–water partition coefficient (Wildman–Crippen LogP) is 6.36. The van der Waals surface area contributed by atoms with Crippen LogP contribution in [-0.4, -0.2) is 10.9 Å². The first-order chi connectivity index (χ1) is 12.1. The molecule has 0 amide bonds. The van der Waals surface area contributed by atoms with E-state index in [9.17, 15) is 0 Å². The number of nitrogens with zero attached hydrogens (tertiary/aromatic N) is 2. The molecule has 4 rings (SSSR count). The Balaban J connectivity index is 0.000000880. The van der Waals surface area contributed by atoms with Crippen LogP contribution >= 0.6 is 22.9 Å². The van der Waals surface area contributed by atoms with Gasteiger partial charge in [0.1, 0.15) is 6.54 Å². The van der Waals surface area contributed by atoms with Gasteiger partial charge in [0.2, 0.25) is 0 Å². The van der Waals surface area contributed by atoms with Crippen molar-refractivity contribution in [2.75, 3.05) is 0 Å². The Morgan fingerprint density at radius 1 is 1.04 bits per heavy atom. The van der Waals surface area contributed by atoms with Crippen molar-refractivity contribution >= 4 is 28.6 Å². The molecule has 0 fully saturated rings. The highest BCUT2D eigenvalue weighted by molar-refractivity contribution is 7.16.